The minimum atomic E-state index is -0.455. The number of nitrogens with zero attached hydrogens (tertiary/aromatic N) is 2. The number of rotatable bonds is 5. The van der Waals surface area contributed by atoms with E-state index in [0.29, 0.717) is 5.69 Å². The molecule has 25 heavy (non-hydrogen) atoms. The second-order valence-corrected chi connectivity index (χ2v) is 5.39. The van der Waals surface area contributed by atoms with Gasteiger partial charge in [0.25, 0.3) is 5.69 Å². The van der Waals surface area contributed by atoms with Gasteiger partial charge < -0.3 is 4.74 Å². The van der Waals surface area contributed by atoms with Crippen LogP contribution in [0.1, 0.15) is 11.1 Å². The van der Waals surface area contributed by atoms with E-state index < -0.39 is 4.92 Å². The fraction of sp³-hybridized carbons (Fsp3) is 0.0500. The van der Waals surface area contributed by atoms with Gasteiger partial charge in [-0.1, -0.05) is 48.6 Å². The fourth-order valence-corrected chi connectivity index (χ4v) is 2.34. The first-order chi connectivity index (χ1) is 12.2. The van der Waals surface area contributed by atoms with E-state index in [9.17, 15) is 10.1 Å². The van der Waals surface area contributed by atoms with Gasteiger partial charge in [-0.15, -0.1) is 0 Å². The molecule has 1 aromatic heterocycles. The number of aromatic nitrogens is 1. The quantitative estimate of drug-likeness (QED) is 0.381. The second-order valence-electron chi connectivity index (χ2n) is 5.39. The Labute approximate surface area is 145 Å². The Hall–Kier alpha value is -3.47. The lowest BCUT2D eigenvalue weighted by Gasteiger charge is -2.02. The highest BCUT2D eigenvalue weighted by Gasteiger charge is 2.06. The van der Waals surface area contributed by atoms with Crippen molar-refractivity contribution < 1.29 is 9.66 Å². The van der Waals surface area contributed by atoms with E-state index in [0.717, 1.165) is 22.4 Å². The van der Waals surface area contributed by atoms with Gasteiger partial charge in [0.05, 0.1) is 17.7 Å². The zero-order valence-corrected chi connectivity index (χ0v) is 13.6. The van der Waals surface area contributed by atoms with E-state index >= 15 is 0 Å². The Morgan fingerprint density at radius 3 is 2.00 bits per heavy atom. The predicted molar refractivity (Wildman–Crippen MR) is 98.2 cm³/mol. The molecule has 0 fully saturated rings. The molecule has 0 radical (unpaired) electrons. The predicted octanol–water partition coefficient (Wildman–Crippen LogP) is 4.84. The highest BCUT2D eigenvalue weighted by molar-refractivity contribution is 5.71. The third-order valence-corrected chi connectivity index (χ3v) is 3.75. The molecular formula is C20H16N2O3. The summed E-state index contributed by atoms with van der Waals surface area (Å²) in [7, 11) is 1.65. The first-order valence-electron chi connectivity index (χ1n) is 7.69. The molecule has 0 amide bonds. The summed E-state index contributed by atoms with van der Waals surface area (Å²) in [6.45, 7) is 0. The van der Waals surface area contributed by atoms with Gasteiger partial charge in [0.1, 0.15) is 11.9 Å². The Morgan fingerprint density at radius 1 is 0.920 bits per heavy atom. The highest BCUT2D eigenvalue weighted by atomic mass is 16.6. The third kappa shape index (κ3) is 4.09. The maximum absolute atomic E-state index is 10.7. The summed E-state index contributed by atoms with van der Waals surface area (Å²) in [6, 6.07) is 18.8. The van der Waals surface area contributed by atoms with Gasteiger partial charge in [-0.25, -0.2) is 4.98 Å². The molecule has 5 heteroatoms. The summed E-state index contributed by atoms with van der Waals surface area (Å²) in [6.07, 6.45) is 5.32. The molecule has 0 aliphatic rings. The van der Waals surface area contributed by atoms with Gasteiger partial charge in [-0.2, -0.15) is 0 Å². The lowest BCUT2D eigenvalue weighted by atomic mass is 10.1. The minimum Gasteiger partial charge on any atom is -0.497 e. The van der Waals surface area contributed by atoms with Crippen LogP contribution in [0.15, 0.2) is 66.9 Å². The van der Waals surface area contributed by atoms with Gasteiger partial charge in [-0.3, -0.25) is 10.1 Å². The Bertz CT molecular complexity index is 884. The van der Waals surface area contributed by atoms with Crippen molar-refractivity contribution in [3.63, 3.8) is 0 Å². The Kier molecular flexibility index (Phi) is 4.85. The van der Waals surface area contributed by atoms with Crippen molar-refractivity contribution in [1.82, 2.24) is 4.98 Å². The van der Waals surface area contributed by atoms with Crippen molar-refractivity contribution in [3.8, 4) is 17.0 Å². The van der Waals surface area contributed by atoms with Crippen LogP contribution in [0.25, 0.3) is 23.4 Å². The fourth-order valence-electron chi connectivity index (χ4n) is 2.34. The number of nitro groups is 1. The lowest BCUT2D eigenvalue weighted by Crippen LogP contribution is -1.90. The van der Waals surface area contributed by atoms with Crippen LogP contribution < -0.4 is 4.74 Å². The molecule has 0 aliphatic heterocycles. The molecule has 0 saturated carbocycles. The first-order valence-corrected chi connectivity index (χ1v) is 7.69. The smallest absolute Gasteiger partial charge is 0.287 e. The molecule has 0 bridgehead atoms. The first kappa shape index (κ1) is 16.4. The van der Waals surface area contributed by atoms with Crippen LogP contribution in [0.5, 0.6) is 5.75 Å². The number of hydrogen-bond donors (Lipinski definition) is 0. The van der Waals surface area contributed by atoms with E-state index in [1.54, 1.807) is 13.2 Å². The van der Waals surface area contributed by atoms with Crippen molar-refractivity contribution in [3.05, 3.63) is 88.1 Å². The van der Waals surface area contributed by atoms with E-state index in [1.165, 1.54) is 12.3 Å². The van der Waals surface area contributed by atoms with Crippen LogP contribution in [0.2, 0.25) is 0 Å². The number of hydrogen-bond acceptors (Lipinski definition) is 4. The molecule has 0 saturated heterocycles. The summed E-state index contributed by atoms with van der Waals surface area (Å²) in [4.78, 5) is 14.4. The summed E-state index contributed by atoms with van der Waals surface area (Å²) >= 11 is 0. The number of ether oxygens (including phenoxy) is 1. The molecule has 2 aromatic carbocycles. The van der Waals surface area contributed by atoms with Crippen molar-refractivity contribution in [2.45, 2.75) is 0 Å². The molecule has 0 N–H and O–H groups in total. The largest absolute Gasteiger partial charge is 0.497 e. The van der Waals surface area contributed by atoms with Gasteiger partial charge >= 0.3 is 0 Å². The van der Waals surface area contributed by atoms with Crippen LogP contribution in [-0.4, -0.2) is 17.0 Å². The zero-order chi connectivity index (χ0) is 17.6. The molecule has 1 heterocycles. The molecule has 0 atom stereocenters. The maximum atomic E-state index is 10.7. The normalized spacial score (nSPS) is 10.8. The molecule has 0 unspecified atom stereocenters. The van der Waals surface area contributed by atoms with Crippen molar-refractivity contribution >= 4 is 17.8 Å². The second kappa shape index (κ2) is 7.40. The summed E-state index contributed by atoms with van der Waals surface area (Å²) in [5, 5.41) is 10.7. The zero-order valence-electron chi connectivity index (χ0n) is 13.6. The molecule has 3 rings (SSSR count). The van der Waals surface area contributed by atoms with E-state index in [2.05, 4.69) is 4.98 Å². The Balaban J connectivity index is 1.72. The van der Waals surface area contributed by atoms with Gasteiger partial charge in [0.15, 0.2) is 0 Å². The van der Waals surface area contributed by atoms with Crippen molar-refractivity contribution in [2.75, 3.05) is 7.11 Å². The topological polar surface area (TPSA) is 65.3 Å². The number of benzene rings is 2. The lowest BCUT2D eigenvalue weighted by molar-refractivity contribution is -0.385. The number of methoxy groups -OCH3 is 1. The third-order valence-electron chi connectivity index (χ3n) is 3.75. The number of pyridine rings is 1. The van der Waals surface area contributed by atoms with Crippen LogP contribution in [-0.2, 0) is 0 Å². The monoisotopic (exact) mass is 332 g/mol. The molecule has 0 spiro atoms. The van der Waals surface area contributed by atoms with Crippen LogP contribution >= 0.6 is 0 Å². The van der Waals surface area contributed by atoms with Crippen molar-refractivity contribution in [1.29, 1.82) is 0 Å². The molecule has 124 valence electrons. The SMILES string of the molecule is COc1ccc(/C=C/c2ccc(-c3ccc([N+](=O)[O-])cn3)cc2)cc1. The molecular weight excluding hydrogens is 316 g/mol. The van der Waals surface area contributed by atoms with E-state index in [4.69, 9.17) is 4.74 Å². The molecule has 0 aliphatic carbocycles. The average molecular weight is 332 g/mol. The van der Waals surface area contributed by atoms with E-state index in [-0.39, 0.29) is 5.69 Å². The Morgan fingerprint density at radius 2 is 1.52 bits per heavy atom. The van der Waals surface area contributed by atoms with Gasteiger partial charge in [-0.05, 0) is 29.3 Å². The minimum absolute atomic E-state index is 0.0113. The van der Waals surface area contributed by atoms with E-state index in [1.807, 2.05) is 60.7 Å². The maximum Gasteiger partial charge on any atom is 0.287 e. The van der Waals surface area contributed by atoms with Crippen molar-refractivity contribution in [2.24, 2.45) is 0 Å². The van der Waals surface area contributed by atoms with Gasteiger partial charge in [0, 0.05) is 11.6 Å². The molecule has 3 aromatic rings. The highest BCUT2D eigenvalue weighted by Crippen LogP contribution is 2.21. The van der Waals surface area contributed by atoms with Crippen LogP contribution in [0, 0.1) is 10.1 Å². The van der Waals surface area contributed by atoms with Crippen LogP contribution in [0.3, 0.4) is 0 Å². The summed E-state index contributed by atoms with van der Waals surface area (Å²) in [5.41, 5.74) is 3.75. The summed E-state index contributed by atoms with van der Waals surface area (Å²) in [5.74, 6) is 0.831. The average Bonchev–Trinajstić information content (AvgIpc) is 2.67. The van der Waals surface area contributed by atoms with Crippen LogP contribution in [0.4, 0.5) is 5.69 Å². The van der Waals surface area contributed by atoms with Gasteiger partial charge in [0.2, 0.25) is 0 Å². The standard InChI is InChI=1S/C20H16N2O3/c1-25-19-11-6-16(7-12-19)3-2-15-4-8-17(9-5-15)20-13-10-18(14-21-20)22(23)24/h2-14H,1H3/b3-2+. The summed E-state index contributed by atoms with van der Waals surface area (Å²) < 4.78 is 5.14. The molecule has 5 nitrogen and oxygen atoms in total.